The number of benzene rings is 2. The van der Waals surface area contributed by atoms with Crippen molar-refractivity contribution >= 4 is 29.3 Å². The van der Waals surface area contributed by atoms with Crippen molar-refractivity contribution in [2.24, 2.45) is 4.99 Å². The SMILES string of the molecule is COc1cc(Cl)ccc1N=CC(=O)c1ccc(C)cc1. The quantitative estimate of drug-likeness (QED) is 0.623. The Morgan fingerprint density at radius 1 is 1.20 bits per heavy atom. The van der Waals surface area contributed by atoms with Crippen LogP contribution in [0.5, 0.6) is 5.75 Å². The Morgan fingerprint density at radius 2 is 1.90 bits per heavy atom. The van der Waals surface area contributed by atoms with Gasteiger partial charge in [0.2, 0.25) is 5.78 Å². The Labute approximate surface area is 122 Å². The molecule has 4 heteroatoms. The molecule has 0 heterocycles. The number of Topliss-reactive ketones (excluding diaryl/α,β-unsaturated/α-hetero) is 1. The summed E-state index contributed by atoms with van der Waals surface area (Å²) in [5, 5.41) is 0.561. The standard InChI is InChI=1S/C16H14ClNO2/c1-11-3-5-12(6-4-11)15(19)10-18-14-8-7-13(17)9-16(14)20-2/h3-10H,1-2H3. The largest absolute Gasteiger partial charge is 0.494 e. The van der Waals surface area contributed by atoms with Crippen molar-refractivity contribution in [1.29, 1.82) is 0 Å². The first-order valence-corrected chi connectivity index (χ1v) is 6.46. The lowest BCUT2D eigenvalue weighted by Crippen LogP contribution is -1.99. The van der Waals surface area contributed by atoms with E-state index >= 15 is 0 Å². The van der Waals surface area contributed by atoms with E-state index in [0.717, 1.165) is 5.56 Å². The van der Waals surface area contributed by atoms with Gasteiger partial charge in [-0.3, -0.25) is 4.79 Å². The van der Waals surface area contributed by atoms with Gasteiger partial charge in [-0.05, 0) is 19.1 Å². The highest BCUT2D eigenvalue weighted by Crippen LogP contribution is 2.29. The number of aliphatic imine (C=N–C) groups is 1. The third kappa shape index (κ3) is 3.45. The number of carbonyl (C=O) groups is 1. The number of halogens is 1. The molecule has 0 spiro atoms. The molecule has 3 nitrogen and oxygen atoms in total. The van der Waals surface area contributed by atoms with Crippen LogP contribution >= 0.6 is 11.6 Å². The fraction of sp³-hybridized carbons (Fsp3) is 0.125. The van der Waals surface area contributed by atoms with Crippen molar-refractivity contribution in [3.8, 4) is 5.75 Å². The summed E-state index contributed by atoms with van der Waals surface area (Å²) in [6.07, 6.45) is 1.29. The molecule has 0 saturated heterocycles. The number of ether oxygens (including phenoxy) is 1. The topological polar surface area (TPSA) is 38.7 Å². The van der Waals surface area contributed by atoms with E-state index in [1.807, 2.05) is 19.1 Å². The predicted octanol–water partition coefficient (Wildman–Crippen LogP) is 4.24. The molecule has 0 radical (unpaired) electrons. The van der Waals surface area contributed by atoms with Crippen molar-refractivity contribution < 1.29 is 9.53 Å². The summed E-state index contributed by atoms with van der Waals surface area (Å²) >= 11 is 5.87. The van der Waals surface area contributed by atoms with E-state index in [1.165, 1.54) is 13.3 Å². The fourth-order valence-corrected chi connectivity index (χ4v) is 1.84. The van der Waals surface area contributed by atoms with Gasteiger partial charge >= 0.3 is 0 Å². The van der Waals surface area contributed by atoms with Crippen LogP contribution in [0, 0.1) is 6.92 Å². The van der Waals surface area contributed by atoms with Crippen LogP contribution < -0.4 is 4.74 Å². The smallest absolute Gasteiger partial charge is 0.204 e. The summed E-state index contributed by atoms with van der Waals surface area (Å²) in [5.41, 5.74) is 2.28. The zero-order valence-corrected chi connectivity index (χ0v) is 12.0. The molecular formula is C16H14ClNO2. The molecule has 0 bridgehead atoms. The Bertz CT molecular complexity index is 648. The maximum absolute atomic E-state index is 12.0. The summed E-state index contributed by atoms with van der Waals surface area (Å²) in [7, 11) is 1.53. The van der Waals surface area contributed by atoms with Gasteiger partial charge < -0.3 is 4.74 Å². The Balaban J connectivity index is 2.21. The van der Waals surface area contributed by atoms with Crippen LogP contribution in [-0.4, -0.2) is 19.1 Å². The first-order valence-electron chi connectivity index (χ1n) is 6.09. The summed E-state index contributed by atoms with van der Waals surface area (Å²) < 4.78 is 5.17. The molecule has 0 saturated carbocycles. The van der Waals surface area contributed by atoms with E-state index < -0.39 is 0 Å². The summed E-state index contributed by atoms with van der Waals surface area (Å²) in [6.45, 7) is 1.97. The molecule has 0 aliphatic rings. The van der Waals surface area contributed by atoms with Crippen molar-refractivity contribution in [2.45, 2.75) is 6.92 Å². The minimum atomic E-state index is -0.151. The Morgan fingerprint density at radius 3 is 2.55 bits per heavy atom. The van der Waals surface area contributed by atoms with Crippen LogP contribution in [0.4, 0.5) is 5.69 Å². The molecule has 2 rings (SSSR count). The lowest BCUT2D eigenvalue weighted by molar-refractivity contribution is 0.107. The van der Waals surface area contributed by atoms with Crippen LogP contribution in [-0.2, 0) is 0 Å². The summed E-state index contributed by atoms with van der Waals surface area (Å²) in [6, 6.07) is 12.4. The van der Waals surface area contributed by atoms with Crippen LogP contribution in [0.2, 0.25) is 5.02 Å². The van der Waals surface area contributed by atoms with E-state index in [1.54, 1.807) is 30.3 Å². The Kier molecular flexibility index (Phi) is 4.53. The van der Waals surface area contributed by atoms with Crippen LogP contribution in [0.25, 0.3) is 0 Å². The molecule has 0 aromatic heterocycles. The molecule has 0 N–H and O–H groups in total. The van der Waals surface area contributed by atoms with E-state index in [-0.39, 0.29) is 5.78 Å². The van der Waals surface area contributed by atoms with Crippen LogP contribution in [0.15, 0.2) is 47.5 Å². The van der Waals surface area contributed by atoms with E-state index in [0.29, 0.717) is 22.0 Å². The second-order valence-corrected chi connectivity index (χ2v) is 4.74. The van der Waals surface area contributed by atoms with Gasteiger partial charge in [0.15, 0.2) is 0 Å². The van der Waals surface area contributed by atoms with Gasteiger partial charge in [0.05, 0.1) is 13.3 Å². The van der Waals surface area contributed by atoms with Crippen molar-refractivity contribution in [3.05, 3.63) is 58.6 Å². The third-order valence-electron chi connectivity index (χ3n) is 2.80. The second kappa shape index (κ2) is 6.35. The van der Waals surface area contributed by atoms with E-state index in [2.05, 4.69) is 4.99 Å². The van der Waals surface area contributed by atoms with E-state index in [9.17, 15) is 4.79 Å². The number of rotatable bonds is 4. The van der Waals surface area contributed by atoms with Crippen LogP contribution in [0.3, 0.4) is 0 Å². The summed E-state index contributed by atoms with van der Waals surface area (Å²) in [4.78, 5) is 16.1. The average molecular weight is 288 g/mol. The second-order valence-electron chi connectivity index (χ2n) is 4.30. The highest BCUT2D eigenvalue weighted by Gasteiger charge is 2.04. The molecule has 0 atom stereocenters. The molecule has 0 aliphatic carbocycles. The highest BCUT2D eigenvalue weighted by molar-refractivity contribution is 6.35. The first kappa shape index (κ1) is 14.3. The first-order chi connectivity index (χ1) is 9.60. The van der Waals surface area contributed by atoms with Gasteiger partial charge in [0.25, 0.3) is 0 Å². The number of aryl methyl sites for hydroxylation is 1. The van der Waals surface area contributed by atoms with Gasteiger partial charge in [-0.25, -0.2) is 4.99 Å². The minimum absolute atomic E-state index is 0.151. The number of methoxy groups -OCH3 is 1. The lowest BCUT2D eigenvalue weighted by atomic mass is 10.1. The molecule has 2 aromatic rings. The number of hydrogen-bond acceptors (Lipinski definition) is 3. The van der Waals surface area contributed by atoms with Gasteiger partial charge in [0.1, 0.15) is 11.4 Å². The molecule has 2 aromatic carbocycles. The van der Waals surface area contributed by atoms with Gasteiger partial charge in [-0.15, -0.1) is 0 Å². The molecule has 0 aliphatic heterocycles. The fourth-order valence-electron chi connectivity index (χ4n) is 1.68. The van der Waals surface area contributed by atoms with Crippen molar-refractivity contribution in [1.82, 2.24) is 0 Å². The molecule has 102 valence electrons. The molecular weight excluding hydrogens is 274 g/mol. The zero-order valence-electron chi connectivity index (χ0n) is 11.3. The average Bonchev–Trinajstić information content (AvgIpc) is 2.46. The number of ketones is 1. The lowest BCUT2D eigenvalue weighted by Gasteiger charge is -2.04. The molecule has 0 fully saturated rings. The van der Waals surface area contributed by atoms with Gasteiger partial charge in [-0.2, -0.15) is 0 Å². The highest BCUT2D eigenvalue weighted by atomic mass is 35.5. The molecule has 20 heavy (non-hydrogen) atoms. The predicted molar refractivity (Wildman–Crippen MR) is 81.7 cm³/mol. The number of hydrogen-bond donors (Lipinski definition) is 0. The van der Waals surface area contributed by atoms with Crippen molar-refractivity contribution in [3.63, 3.8) is 0 Å². The van der Waals surface area contributed by atoms with E-state index in [4.69, 9.17) is 16.3 Å². The number of nitrogens with zero attached hydrogens (tertiary/aromatic N) is 1. The molecule has 0 unspecified atom stereocenters. The minimum Gasteiger partial charge on any atom is -0.494 e. The monoisotopic (exact) mass is 287 g/mol. The maximum atomic E-state index is 12.0. The number of carbonyl (C=O) groups excluding carboxylic acids is 1. The molecule has 0 amide bonds. The Hall–Kier alpha value is -2.13. The third-order valence-corrected chi connectivity index (χ3v) is 3.03. The van der Waals surface area contributed by atoms with Gasteiger partial charge in [-0.1, -0.05) is 41.4 Å². The summed E-state index contributed by atoms with van der Waals surface area (Å²) in [5.74, 6) is 0.382. The van der Waals surface area contributed by atoms with Crippen LogP contribution in [0.1, 0.15) is 15.9 Å². The normalized spacial score (nSPS) is 10.8. The van der Waals surface area contributed by atoms with Crippen molar-refractivity contribution in [2.75, 3.05) is 7.11 Å². The zero-order chi connectivity index (χ0) is 14.5. The van der Waals surface area contributed by atoms with Gasteiger partial charge in [0, 0.05) is 16.7 Å². The maximum Gasteiger partial charge on any atom is 0.204 e.